The first-order chi connectivity index (χ1) is 19.4. The molecule has 1 atom stereocenters. The molecule has 0 amide bonds. The highest BCUT2D eigenvalue weighted by Gasteiger charge is 2.54. The summed E-state index contributed by atoms with van der Waals surface area (Å²) in [6.07, 6.45) is 4.62. The third kappa shape index (κ3) is 4.41. The maximum absolute atomic E-state index is 14.4. The Morgan fingerprint density at radius 3 is 2.33 bits per heavy atom. The summed E-state index contributed by atoms with van der Waals surface area (Å²) < 4.78 is 8.21. The van der Waals surface area contributed by atoms with Gasteiger partial charge in [0.1, 0.15) is 17.8 Å². The van der Waals surface area contributed by atoms with Gasteiger partial charge in [0.2, 0.25) is 0 Å². The number of hydrogen-bond acceptors (Lipinski definition) is 4. The first kappa shape index (κ1) is 25.8. The molecule has 0 bridgehead atoms. The Kier molecular flexibility index (Phi) is 6.59. The molecule has 0 fully saturated rings. The van der Waals surface area contributed by atoms with Crippen molar-refractivity contribution in [2.24, 2.45) is 13.0 Å². The van der Waals surface area contributed by atoms with Crippen LogP contribution in [0.15, 0.2) is 97.3 Å². The Bertz CT molecular complexity index is 1720. The van der Waals surface area contributed by atoms with E-state index in [1.807, 2.05) is 60.7 Å². The lowest BCUT2D eigenvalue weighted by Crippen LogP contribution is -2.40. The van der Waals surface area contributed by atoms with Crippen molar-refractivity contribution in [3.8, 4) is 5.75 Å². The highest BCUT2D eigenvalue weighted by atomic mass is 16.5. The van der Waals surface area contributed by atoms with Crippen LogP contribution in [0, 0.1) is 5.92 Å². The van der Waals surface area contributed by atoms with Crippen LogP contribution in [-0.4, -0.2) is 21.1 Å². The second kappa shape index (κ2) is 10.2. The van der Waals surface area contributed by atoms with Crippen molar-refractivity contribution < 1.29 is 14.3 Å². The van der Waals surface area contributed by atoms with Crippen molar-refractivity contribution in [2.45, 2.75) is 38.7 Å². The Morgan fingerprint density at radius 2 is 1.57 bits per heavy atom. The summed E-state index contributed by atoms with van der Waals surface area (Å²) >= 11 is 0. The van der Waals surface area contributed by atoms with Crippen molar-refractivity contribution in [1.29, 1.82) is 0 Å². The minimum Gasteiger partial charge on any atom is -0.489 e. The molecular formula is C35H32N2O3. The Morgan fingerprint density at radius 1 is 0.825 bits per heavy atom. The number of rotatable bonds is 8. The summed E-state index contributed by atoms with van der Waals surface area (Å²) in [7, 11) is 2.06. The minimum atomic E-state index is -1.36. The minimum absolute atomic E-state index is 0.171. The molecule has 0 N–H and O–H groups in total. The number of carbonyl (C=O) groups is 2. The zero-order chi connectivity index (χ0) is 27.9. The molecule has 2 heterocycles. The summed E-state index contributed by atoms with van der Waals surface area (Å²) in [4.78, 5) is 32.9. The zero-order valence-corrected chi connectivity index (χ0v) is 23.1. The molecule has 0 spiro atoms. The summed E-state index contributed by atoms with van der Waals surface area (Å²) in [6, 6.07) is 27.1. The van der Waals surface area contributed by atoms with E-state index in [9.17, 15) is 9.59 Å². The van der Waals surface area contributed by atoms with Gasteiger partial charge in [-0.1, -0.05) is 56.3 Å². The number of nitrogens with zero attached hydrogens (tertiary/aromatic N) is 2. The molecule has 0 saturated heterocycles. The van der Waals surface area contributed by atoms with Crippen molar-refractivity contribution in [3.63, 3.8) is 0 Å². The molecule has 1 aliphatic rings. The number of hydrogen-bond donors (Lipinski definition) is 0. The quantitative estimate of drug-likeness (QED) is 0.205. The highest BCUT2D eigenvalue weighted by Crippen LogP contribution is 2.44. The normalized spacial score (nSPS) is 16.6. The molecule has 0 radical (unpaired) electrons. The van der Waals surface area contributed by atoms with E-state index in [0.717, 1.165) is 28.5 Å². The number of pyridine rings is 1. The predicted molar refractivity (Wildman–Crippen MR) is 157 cm³/mol. The fourth-order valence-corrected chi connectivity index (χ4v) is 5.90. The Labute approximate surface area is 234 Å². The molecule has 1 unspecified atom stereocenters. The van der Waals surface area contributed by atoms with Gasteiger partial charge < -0.3 is 9.30 Å². The fourth-order valence-electron chi connectivity index (χ4n) is 5.90. The van der Waals surface area contributed by atoms with E-state index in [1.54, 1.807) is 30.6 Å². The van der Waals surface area contributed by atoms with E-state index in [2.05, 4.69) is 36.5 Å². The second-order valence-electron chi connectivity index (χ2n) is 11.1. The van der Waals surface area contributed by atoms with Gasteiger partial charge in [0.15, 0.2) is 11.6 Å². The molecule has 0 saturated carbocycles. The average molecular weight is 529 g/mol. The van der Waals surface area contributed by atoms with E-state index in [0.29, 0.717) is 35.0 Å². The summed E-state index contributed by atoms with van der Waals surface area (Å²) in [5, 5.41) is 1.10. The van der Waals surface area contributed by atoms with Gasteiger partial charge in [-0.3, -0.25) is 14.6 Å². The van der Waals surface area contributed by atoms with Gasteiger partial charge in [0.05, 0.1) is 0 Å². The molecule has 1 aliphatic carbocycles. The molecule has 40 heavy (non-hydrogen) atoms. The number of ether oxygens (including phenoxy) is 1. The smallest absolute Gasteiger partial charge is 0.182 e. The molecule has 5 heteroatoms. The van der Waals surface area contributed by atoms with Crippen LogP contribution in [0.4, 0.5) is 0 Å². The van der Waals surface area contributed by atoms with Crippen LogP contribution in [0.3, 0.4) is 0 Å². The van der Waals surface area contributed by atoms with Crippen LogP contribution >= 0.6 is 0 Å². The monoisotopic (exact) mass is 528 g/mol. The first-order valence-corrected chi connectivity index (χ1v) is 13.7. The van der Waals surface area contributed by atoms with Gasteiger partial charge in [0.25, 0.3) is 0 Å². The number of ketones is 2. The third-order valence-electron chi connectivity index (χ3n) is 7.98. The summed E-state index contributed by atoms with van der Waals surface area (Å²) in [5.41, 5.74) is 4.38. The predicted octanol–water partition coefficient (Wildman–Crippen LogP) is 6.91. The lowest BCUT2D eigenvalue weighted by molar-refractivity contribution is 0.0793. The average Bonchev–Trinajstić information content (AvgIpc) is 3.38. The third-order valence-corrected chi connectivity index (χ3v) is 7.98. The molecule has 3 aromatic carbocycles. The maximum atomic E-state index is 14.4. The van der Waals surface area contributed by atoms with Gasteiger partial charge in [-0.15, -0.1) is 0 Å². The molecule has 2 aromatic heterocycles. The van der Waals surface area contributed by atoms with Gasteiger partial charge in [-0.05, 0) is 83.3 Å². The van der Waals surface area contributed by atoms with Crippen LogP contribution in [0.5, 0.6) is 5.75 Å². The largest absolute Gasteiger partial charge is 0.489 e. The second-order valence-corrected chi connectivity index (χ2v) is 11.1. The van der Waals surface area contributed by atoms with Crippen molar-refractivity contribution in [1.82, 2.24) is 9.55 Å². The lowest BCUT2D eigenvalue weighted by atomic mass is 9.71. The number of benzene rings is 3. The summed E-state index contributed by atoms with van der Waals surface area (Å²) in [6.45, 7) is 4.79. The number of aromatic nitrogens is 2. The molecule has 200 valence electrons. The molecule has 0 aliphatic heterocycles. The van der Waals surface area contributed by atoms with Crippen LogP contribution in [-0.2, 0) is 31.9 Å². The number of carbonyl (C=O) groups excluding carboxylic acids is 2. The Balaban J connectivity index is 1.44. The Hall–Kier alpha value is -4.51. The van der Waals surface area contributed by atoms with Crippen molar-refractivity contribution >= 4 is 22.5 Å². The molecular weight excluding hydrogens is 496 g/mol. The van der Waals surface area contributed by atoms with Crippen molar-refractivity contribution in [3.05, 3.63) is 131 Å². The van der Waals surface area contributed by atoms with E-state index < -0.39 is 5.41 Å². The maximum Gasteiger partial charge on any atom is 0.182 e. The van der Waals surface area contributed by atoms with E-state index in [-0.39, 0.29) is 18.0 Å². The topological polar surface area (TPSA) is 61.2 Å². The van der Waals surface area contributed by atoms with Crippen LogP contribution in [0.2, 0.25) is 0 Å². The number of Topliss-reactive ketones (excluding diaryl/α,β-unsaturated/α-hetero) is 2. The van der Waals surface area contributed by atoms with Gasteiger partial charge in [-0.25, -0.2) is 0 Å². The first-order valence-electron chi connectivity index (χ1n) is 13.7. The van der Waals surface area contributed by atoms with Gasteiger partial charge >= 0.3 is 0 Å². The standard InChI is InChI=1S/C35H32N2O3/c1-23(2)17-28-18-26-9-10-27(19-32(26)37(28)3)35(21-24-13-15-36-16-14-24)33(38)30-12-11-29(20-31(30)34(35)39)40-22-25-7-5-4-6-8-25/h4-16,18-20,23H,17,21-22H2,1-3H3. The molecule has 5 nitrogen and oxygen atoms in total. The van der Waals surface area contributed by atoms with Crippen LogP contribution in [0.1, 0.15) is 56.9 Å². The van der Waals surface area contributed by atoms with Gasteiger partial charge in [-0.2, -0.15) is 0 Å². The van der Waals surface area contributed by atoms with E-state index >= 15 is 0 Å². The molecule has 6 rings (SSSR count). The molecule has 5 aromatic rings. The van der Waals surface area contributed by atoms with Crippen molar-refractivity contribution in [2.75, 3.05) is 0 Å². The zero-order valence-electron chi connectivity index (χ0n) is 23.1. The number of aryl methyl sites for hydroxylation is 1. The van der Waals surface area contributed by atoms with Gasteiger partial charge in [0, 0.05) is 41.8 Å². The summed E-state index contributed by atoms with van der Waals surface area (Å²) in [5.74, 6) is 0.728. The highest BCUT2D eigenvalue weighted by molar-refractivity contribution is 6.33. The fraction of sp³-hybridized carbons (Fsp3) is 0.229. The lowest BCUT2D eigenvalue weighted by Gasteiger charge is -2.27. The van der Waals surface area contributed by atoms with E-state index in [4.69, 9.17) is 4.74 Å². The van der Waals surface area contributed by atoms with E-state index in [1.165, 1.54) is 5.69 Å². The van der Waals surface area contributed by atoms with Crippen LogP contribution in [0.25, 0.3) is 10.9 Å². The SMILES string of the molecule is CC(C)Cc1cc2ccc(C3(Cc4ccncc4)C(=O)c4ccc(OCc5ccccc5)cc4C3=O)cc2n1C. The number of fused-ring (bicyclic) bond motifs is 2. The van der Waals surface area contributed by atoms with Crippen LogP contribution < -0.4 is 4.74 Å².